The SMILES string of the molecule is O=C(CC(c1ccccc1)c1ccccc1)NCc1cscn1. The molecule has 3 aromatic rings. The molecule has 116 valence electrons. The number of hydrogen-bond acceptors (Lipinski definition) is 3. The van der Waals surface area contributed by atoms with Crippen LogP contribution >= 0.6 is 11.3 Å². The second kappa shape index (κ2) is 7.70. The first-order valence-electron chi connectivity index (χ1n) is 7.56. The Hall–Kier alpha value is -2.46. The highest BCUT2D eigenvalue weighted by Gasteiger charge is 2.17. The Morgan fingerprint density at radius 1 is 1.00 bits per heavy atom. The van der Waals surface area contributed by atoms with Gasteiger partial charge in [-0.2, -0.15) is 0 Å². The van der Waals surface area contributed by atoms with Gasteiger partial charge in [0.25, 0.3) is 0 Å². The summed E-state index contributed by atoms with van der Waals surface area (Å²) in [6.45, 7) is 0.485. The Balaban J connectivity index is 1.72. The van der Waals surface area contributed by atoms with E-state index in [-0.39, 0.29) is 11.8 Å². The first kappa shape index (κ1) is 15.4. The fourth-order valence-corrected chi connectivity index (χ4v) is 3.13. The molecule has 1 N–H and O–H groups in total. The lowest BCUT2D eigenvalue weighted by atomic mass is 9.88. The Morgan fingerprint density at radius 3 is 2.13 bits per heavy atom. The molecule has 0 aliphatic heterocycles. The molecule has 0 radical (unpaired) electrons. The van der Waals surface area contributed by atoms with E-state index in [2.05, 4.69) is 34.6 Å². The van der Waals surface area contributed by atoms with Crippen LogP contribution < -0.4 is 5.32 Å². The van der Waals surface area contributed by atoms with Crippen LogP contribution in [0, 0.1) is 0 Å². The monoisotopic (exact) mass is 322 g/mol. The molecule has 0 bridgehead atoms. The summed E-state index contributed by atoms with van der Waals surface area (Å²) in [5.74, 6) is 0.101. The molecule has 3 rings (SSSR count). The van der Waals surface area contributed by atoms with Crippen LogP contribution in [0.1, 0.15) is 29.2 Å². The maximum atomic E-state index is 12.4. The van der Waals surface area contributed by atoms with Gasteiger partial charge in [0.2, 0.25) is 5.91 Å². The van der Waals surface area contributed by atoms with Crippen molar-refractivity contribution in [3.05, 3.63) is 88.4 Å². The molecular formula is C19H18N2OS. The number of carbonyl (C=O) groups is 1. The zero-order chi connectivity index (χ0) is 15.9. The molecule has 4 heteroatoms. The third-order valence-electron chi connectivity index (χ3n) is 3.74. The van der Waals surface area contributed by atoms with Crippen LogP contribution in [0.5, 0.6) is 0 Å². The number of nitrogens with zero attached hydrogens (tertiary/aromatic N) is 1. The van der Waals surface area contributed by atoms with Crippen molar-refractivity contribution >= 4 is 17.2 Å². The molecule has 0 saturated carbocycles. The van der Waals surface area contributed by atoms with E-state index < -0.39 is 0 Å². The van der Waals surface area contributed by atoms with Crippen molar-refractivity contribution in [1.29, 1.82) is 0 Å². The smallest absolute Gasteiger partial charge is 0.221 e. The zero-order valence-corrected chi connectivity index (χ0v) is 13.5. The number of aromatic nitrogens is 1. The fourth-order valence-electron chi connectivity index (χ4n) is 2.57. The first-order valence-corrected chi connectivity index (χ1v) is 8.51. The molecule has 1 heterocycles. The maximum Gasteiger partial charge on any atom is 0.221 e. The summed E-state index contributed by atoms with van der Waals surface area (Å²) in [5, 5.41) is 4.91. The predicted molar refractivity (Wildman–Crippen MR) is 93.3 cm³/mol. The van der Waals surface area contributed by atoms with Gasteiger partial charge in [0.05, 0.1) is 17.7 Å². The Morgan fingerprint density at radius 2 is 1.61 bits per heavy atom. The number of benzene rings is 2. The lowest BCUT2D eigenvalue weighted by molar-refractivity contribution is -0.121. The average Bonchev–Trinajstić information content (AvgIpc) is 3.13. The van der Waals surface area contributed by atoms with E-state index in [9.17, 15) is 4.79 Å². The number of hydrogen-bond donors (Lipinski definition) is 1. The molecule has 0 aliphatic carbocycles. The van der Waals surface area contributed by atoms with Crippen molar-refractivity contribution in [1.82, 2.24) is 10.3 Å². The minimum atomic E-state index is 0.0377. The van der Waals surface area contributed by atoms with Crippen LogP contribution in [0.25, 0.3) is 0 Å². The summed E-state index contributed by atoms with van der Waals surface area (Å²) < 4.78 is 0. The fraction of sp³-hybridized carbons (Fsp3) is 0.158. The summed E-state index contributed by atoms with van der Waals surface area (Å²) in [6, 6.07) is 20.3. The minimum absolute atomic E-state index is 0.0377. The summed E-state index contributed by atoms with van der Waals surface area (Å²) >= 11 is 1.54. The summed E-state index contributed by atoms with van der Waals surface area (Å²) in [6.07, 6.45) is 0.429. The van der Waals surface area contributed by atoms with Crippen LogP contribution in [-0.4, -0.2) is 10.9 Å². The molecule has 0 atom stereocenters. The van der Waals surface area contributed by atoms with Gasteiger partial charge in [0.1, 0.15) is 0 Å². The van der Waals surface area contributed by atoms with E-state index in [0.29, 0.717) is 13.0 Å². The van der Waals surface area contributed by atoms with Crippen molar-refractivity contribution in [2.45, 2.75) is 18.9 Å². The van der Waals surface area contributed by atoms with Gasteiger partial charge in [0.15, 0.2) is 0 Å². The average molecular weight is 322 g/mol. The summed E-state index contributed by atoms with van der Waals surface area (Å²) in [5.41, 5.74) is 4.99. The number of amides is 1. The molecule has 0 spiro atoms. The van der Waals surface area contributed by atoms with Gasteiger partial charge in [-0.25, -0.2) is 4.98 Å². The van der Waals surface area contributed by atoms with Gasteiger partial charge in [-0.05, 0) is 11.1 Å². The van der Waals surface area contributed by atoms with Gasteiger partial charge >= 0.3 is 0 Å². The van der Waals surface area contributed by atoms with Crippen molar-refractivity contribution in [3.63, 3.8) is 0 Å². The highest BCUT2D eigenvalue weighted by atomic mass is 32.1. The van der Waals surface area contributed by atoms with Crippen molar-refractivity contribution in [2.24, 2.45) is 0 Å². The van der Waals surface area contributed by atoms with E-state index in [1.807, 2.05) is 41.8 Å². The summed E-state index contributed by atoms with van der Waals surface area (Å²) in [7, 11) is 0. The second-order valence-electron chi connectivity index (χ2n) is 5.33. The first-order chi connectivity index (χ1) is 11.3. The molecule has 23 heavy (non-hydrogen) atoms. The van der Waals surface area contributed by atoms with Crippen LogP contribution in [0.2, 0.25) is 0 Å². The zero-order valence-electron chi connectivity index (χ0n) is 12.7. The van der Waals surface area contributed by atoms with Gasteiger partial charge in [0, 0.05) is 17.7 Å². The van der Waals surface area contributed by atoms with E-state index in [1.54, 1.807) is 5.51 Å². The van der Waals surface area contributed by atoms with E-state index in [1.165, 1.54) is 11.3 Å². The lowest BCUT2D eigenvalue weighted by Gasteiger charge is -2.17. The number of nitrogens with one attached hydrogen (secondary N) is 1. The van der Waals surface area contributed by atoms with Gasteiger partial charge < -0.3 is 5.32 Å². The molecule has 0 aliphatic rings. The molecule has 0 saturated heterocycles. The van der Waals surface area contributed by atoms with Crippen LogP contribution in [0.4, 0.5) is 0 Å². The number of rotatable bonds is 6. The molecular weight excluding hydrogens is 304 g/mol. The normalized spacial score (nSPS) is 10.7. The lowest BCUT2D eigenvalue weighted by Crippen LogP contribution is -2.25. The van der Waals surface area contributed by atoms with Crippen molar-refractivity contribution < 1.29 is 4.79 Å². The number of carbonyl (C=O) groups excluding carboxylic acids is 1. The van der Waals surface area contributed by atoms with Crippen LogP contribution in [-0.2, 0) is 11.3 Å². The molecule has 0 unspecified atom stereocenters. The van der Waals surface area contributed by atoms with E-state index >= 15 is 0 Å². The van der Waals surface area contributed by atoms with Crippen molar-refractivity contribution in [2.75, 3.05) is 0 Å². The standard InChI is InChI=1S/C19H18N2OS/c22-19(20-12-17-13-23-14-21-17)11-18(15-7-3-1-4-8-15)16-9-5-2-6-10-16/h1-10,13-14,18H,11-12H2,(H,20,22). The largest absolute Gasteiger partial charge is 0.350 e. The Labute approximate surface area is 140 Å². The molecule has 1 aromatic heterocycles. The Bertz CT molecular complexity index is 687. The predicted octanol–water partition coefficient (Wildman–Crippen LogP) is 3.98. The third kappa shape index (κ3) is 4.27. The van der Waals surface area contributed by atoms with Gasteiger partial charge in [-0.15, -0.1) is 11.3 Å². The third-order valence-corrected chi connectivity index (χ3v) is 4.38. The summed E-state index contributed by atoms with van der Waals surface area (Å²) in [4.78, 5) is 16.5. The van der Waals surface area contributed by atoms with Crippen LogP contribution in [0.3, 0.4) is 0 Å². The van der Waals surface area contributed by atoms with E-state index in [0.717, 1.165) is 16.8 Å². The number of thiazole rings is 1. The maximum absolute atomic E-state index is 12.4. The molecule has 3 nitrogen and oxygen atoms in total. The quantitative estimate of drug-likeness (QED) is 0.746. The second-order valence-corrected chi connectivity index (χ2v) is 6.05. The molecule has 0 fully saturated rings. The highest BCUT2D eigenvalue weighted by Crippen LogP contribution is 2.27. The van der Waals surface area contributed by atoms with Gasteiger partial charge in [-0.3, -0.25) is 4.79 Å². The minimum Gasteiger partial charge on any atom is -0.350 e. The topological polar surface area (TPSA) is 42.0 Å². The van der Waals surface area contributed by atoms with E-state index in [4.69, 9.17) is 0 Å². The van der Waals surface area contributed by atoms with Crippen molar-refractivity contribution in [3.8, 4) is 0 Å². The van der Waals surface area contributed by atoms with Gasteiger partial charge in [-0.1, -0.05) is 60.7 Å². The highest BCUT2D eigenvalue weighted by molar-refractivity contribution is 7.07. The molecule has 2 aromatic carbocycles. The van der Waals surface area contributed by atoms with Crippen LogP contribution in [0.15, 0.2) is 71.6 Å². The Kier molecular flexibility index (Phi) is 5.17. The molecule has 1 amide bonds.